The fourth-order valence-electron chi connectivity index (χ4n) is 3.47. The summed E-state index contributed by atoms with van der Waals surface area (Å²) in [5.41, 5.74) is 0.775. The Labute approximate surface area is 166 Å². The van der Waals surface area contributed by atoms with E-state index in [2.05, 4.69) is 0 Å². The van der Waals surface area contributed by atoms with Gasteiger partial charge in [0.1, 0.15) is 11.5 Å². The van der Waals surface area contributed by atoms with Gasteiger partial charge in [-0.2, -0.15) is 0 Å². The van der Waals surface area contributed by atoms with Gasteiger partial charge in [-0.05, 0) is 49.2 Å². The van der Waals surface area contributed by atoms with Gasteiger partial charge in [-0.1, -0.05) is 31.0 Å². The van der Waals surface area contributed by atoms with Crippen molar-refractivity contribution in [3.63, 3.8) is 0 Å². The number of carbonyl (C=O) groups excluding carboxylic acids is 2. The standard InChI is InChI=1S/C23H28N2O3/c1-19(26)25(18-15-23(27)24-16-7-2-3-8-17-24)20-11-13-22(14-12-20)28-21-9-5-4-6-10-21/h4-6,9-14H,2-3,7-8,15-18H2,1H3. The van der Waals surface area contributed by atoms with Gasteiger partial charge in [0.2, 0.25) is 11.8 Å². The zero-order valence-electron chi connectivity index (χ0n) is 16.5. The van der Waals surface area contributed by atoms with Crippen molar-refractivity contribution in [2.24, 2.45) is 0 Å². The van der Waals surface area contributed by atoms with Gasteiger partial charge < -0.3 is 14.5 Å². The molecule has 1 aliphatic rings. The highest BCUT2D eigenvalue weighted by atomic mass is 16.5. The van der Waals surface area contributed by atoms with Crippen molar-refractivity contribution >= 4 is 17.5 Å². The Morgan fingerprint density at radius 3 is 2.11 bits per heavy atom. The van der Waals surface area contributed by atoms with Crippen molar-refractivity contribution in [2.45, 2.75) is 39.0 Å². The Bertz CT molecular complexity index is 766. The molecular weight excluding hydrogens is 352 g/mol. The van der Waals surface area contributed by atoms with Crippen molar-refractivity contribution in [3.8, 4) is 11.5 Å². The van der Waals surface area contributed by atoms with Crippen molar-refractivity contribution in [1.82, 2.24) is 4.90 Å². The zero-order chi connectivity index (χ0) is 19.8. The minimum Gasteiger partial charge on any atom is -0.457 e. The Balaban J connectivity index is 1.60. The third-order valence-electron chi connectivity index (χ3n) is 5.02. The van der Waals surface area contributed by atoms with Crippen LogP contribution in [0.3, 0.4) is 0 Å². The average Bonchev–Trinajstić information content (AvgIpc) is 2.99. The molecule has 0 N–H and O–H groups in total. The largest absolute Gasteiger partial charge is 0.457 e. The van der Waals surface area contributed by atoms with E-state index in [1.807, 2.05) is 59.5 Å². The summed E-state index contributed by atoms with van der Waals surface area (Å²) < 4.78 is 5.80. The molecule has 5 nitrogen and oxygen atoms in total. The number of ether oxygens (including phenoxy) is 1. The van der Waals surface area contributed by atoms with E-state index in [9.17, 15) is 9.59 Å². The topological polar surface area (TPSA) is 49.9 Å². The lowest BCUT2D eigenvalue weighted by Gasteiger charge is -2.24. The number of likely N-dealkylation sites (tertiary alicyclic amines) is 1. The lowest BCUT2D eigenvalue weighted by Crippen LogP contribution is -2.36. The SMILES string of the molecule is CC(=O)N(CCC(=O)N1CCCCCC1)c1ccc(Oc2ccccc2)cc1. The first-order valence-electron chi connectivity index (χ1n) is 10.0. The van der Waals surface area contributed by atoms with Gasteiger partial charge in [0.25, 0.3) is 0 Å². The van der Waals surface area contributed by atoms with Crippen LogP contribution in [0.4, 0.5) is 5.69 Å². The van der Waals surface area contributed by atoms with Crippen LogP contribution in [0.2, 0.25) is 0 Å². The van der Waals surface area contributed by atoms with Crippen molar-refractivity contribution in [3.05, 3.63) is 54.6 Å². The van der Waals surface area contributed by atoms with Gasteiger partial charge in [0.15, 0.2) is 0 Å². The summed E-state index contributed by atoms with van der Waals surface area (Å²) in [7, 11) is 0. The first kappa shape index (κ1) is 19.9. The summed E-state index contributed by atoms with van der Waals surface area (Å²) in [6, 6.07) is 17.0. The van der Waals surface area contributed by atoms with Gasteiger partial charge in [-0.25, -0.2) is 0 Å². The van der Waals surface area contributed by atoms with Crippen molar-refractivity contribution in [2.75, 3.05) is 24.5 Å². The molecule has 0 spiro atoms. The number of hydrogen-bond donors (Lipinski definition) is 0. The molecule has 1 heterocycles. The quantitative estimate of drug-likeness (QED) is 0.734. The highest BCUT2D eigenvalue weighted by molar-refractivity contribution is 5.92. The summed E-state index contributed by atoms with van der Waals surface area (Å²) in [4.78, 5) is 28.3. The number of rotatable bonds is 6. The number of para-hydroxylation sites is 1. The number of hydrogen-bond acceptors (Lipinski definition) is 3. The molecule has 148 valence electrons. The van der Waals surface area contributed by atoms with Gasteiger partial charge in [0, 0.05) is 38.7 Å². The molecule has 0 saturated carbocycles. The van der Waals surface area contributed by atoms with E-state index in [0.717, 1.165) is 37.4 Å². The minimum atomic E-state index is -0.0691. The summed E-state index contributed by atoms with van der Waals surface area (Å²) in [5.74, 6) is 1.54. The van der Waals surface area contributed by atoms with E-state index < -0.39 is 0 Å². The Hall–Kier alpha value is -2.82. The highest BCUT2D eigenvalue weighted by Crippen LogP contribution is 2.24. The highest BCUT2D eigenvalue weighted by Gasteiger charge is 2.18. The maximum Gasteiger partial charge on any atom is 0.224 e. The predicted octanol–water partition coefficient (Wildman–Crippen LogP) is 4.62. The van der Waals surface area contributed by atoms with Crippen LogP contribution in [0.25, 0.3) is 0 Å². The van der Waals surface area contributed by atoms with Gasteiger partial charge >= 0.3 is 0 Å². The van der Waals surface area contributed by atoms with Gasteiger partial charge in [0.05, 0.1) is 0 Å². The number of benzene rings is 2. The van der Waals surface area contributed by atoms with E-state index in [4.69, 9.17) is 4.74 Å². The molecule has 0 unspecified atom stereocenters. The molecule has 2 aromatic rings. The zero-order valence-corrected chi connectivity index (χ0v) is 16.5. The molecule has 2 amide bonds. The van der Waals surface area contributed by atoms with E-state index in [0.29, 0.717) is 18.7 Å². The fraction of sp³-hybridized carbons (Fsp3) is 0.391. The number of carbonyl (C=O) groups is 2. The van der Waals surface area contributed by atoms with Crippen LogP contribution in [-0.4, -0.2) is 36.3 Å². The molecule has 0 radical (unpaired) electrons. The first-order chi connectivity index (χ1) is 13.6. The van der Waals surface area contributed by atoms with Crippen LogP contribution in [-0.2, 0) is 9.59 Å². The second-order valence-corrected chi connectivity index (χ2v) is 7.12. The van der Waals surface area contributed by atoms with E-state index >= 15 is 0 Å². The number of amides is 2. The van der Waals surface area contributed by atoms with E-state index in [-0.39, 0.29) is 11.8 Å². The van der Waals surface area contributed by atoms with Gasteiger partial charge in [-0.3, -0.25) is 9.59 Å². The molecule has 0 aliphatic carbocycles. The van der Waals surface area contributed by atoms with Crippen LogP contribution in [0.5, 0.6) is 11.5 Å². The Kier molecular flexibility index (Phi) is 7.06. The van der Waals surface area contributed by atoms with Crippen molar-refractivity contribution in [1.29, 1.82) is 0 Å². The normalized spacial score (nSPS) is 14.2. The van der Waals surface area contributed by atoms with Crippen LogP contribution >= 0.6 is 0 Å². The molecule has 0 aromatic heterocycles. The first-order valence-corrected chi connectivity index (χ1v) is 10.0. The second-order valence-electron chi connectivity index (χ2n) is 7.12. The summed E-state index contributed by atoms with van der Waals surface area (Å²) in [6.45, 7) is 3.60. The molecule has 5 heteroatoms. The number of anilines is 1. The van der Waals surface area contributed by atoms with E-state index in [1.165, 1.54) is 19.8 Å². The lowest BCUT2D eigenvalue weighted by molar-refractivity contribution is -0.131. The Morgan fingerprint density at radius 2 is 1.50 bits per heavy atom. The molecule has 28 heavy (non-hydrogen) atoms. The Morgan fingerprint density at radius 1 is 0.893 bits per heavy atom. The smallest absolute Gasteiger partial charge is 0.224 e. The molecule has 0 bridgehead atoms. The van der Waals surface area contributed by atoms with Crippen LogP contribution in [0.15, 0.2) is 54.6 Å². The predicted molar refractivity (Wildman–Crippen MR) is 111 cm³/mol. The molecule has 2 aromatic carbocycles. The molecule has 1 fully saturated rings. The van der Waals surface area contributed by atoms with Crippen LogP contribution in [0, 0.1) is 0 Å². The van der Waals surface area contributed by atoms with E-state index in [1.54, 1.807) is 4.90 Å². The maximum atomic E-state index is 12.5. The fourth-order valence-corrected chi connectivity index (χ4v) is 3.47. The molecule has 0 atom stereocenters. The monoisotopic (exact) mass is 380 g/mol. The molecule has 1 aliphatic heterocycles. The van der Waals surface area contributed by atoms with Crippen LogP contribution in [0.1, 0.15) is 39.0 Å². The second kappa shape index (κ2) is 9.93. The average molecular weight is 380 g/mol. The summed E-state index contributed by atoms with van der Waals surface area (Å²) in [6.07, 6.45) is 4.89. The summed E-state index contributed by atoms with van der Waals surface area (Å²) >= 11 is 0. The van der Waals surface area contributed by atoms with Crippen molar-refractivity contribution < 1.29 is 14.3 Å². The maximum absolute atomic E-state index is 12.5. The van der Waals surface area contributed by atoms with Gasteiger partial charge in [-0.15, -0.1) is 0 Å². The number of nitrogens with zero attached hydrogens (tertiary/aromatic N) is 2. The van der Waals surface area contributed by atoms with Crippen LogP contribution < -0.4 is 9.64 Å². The molecule has 1 saturated heterocycles. The summed E-state index contributed by atoms with van der Waals surface area (Å²) in [5, 5.41) is 0. The molecule has 3 rings (SSSR count). The lowest BCUT2D eigenvalue weighted by atomic mass is 10.2. The third-order valence-corrected chi connectivity index (χ3v) is 5.02. The third kappa shape index (κ3) is 5.59. The molecular formula is C23H28N2O3. The minimum absolute atomic E-state index is 0.0691.